The minimum absolute atomic E-state index is 0.668. The summed E-state index contributed by atoms with van der Waals surface area (Å²) >= 11 is 0. The number of nitrogens with two attached hydrogens (primary N) is 1. The van der Waals surface area contributed by atoms with Crippen molar-refractivity contribution in [3.63, 3.8) is 0 Å². The summed E-state index contributed by atoms with van der Waals surface area (Å²) in [6, 6.07) is 0. The summed E-state index contributed by atoms with van der Waals surface area (Å²) in [5.41, 5.74) is 6.49. The van der Waals surface area contributed by atoms with Gasteiger partial charge in [-0.15, -0.1) is 0 Å². The molecule has 9 heavy (non-hydrogen) atoms. The second-order valence-electron chi connectivity index (χ2n) is 2.16. The van der Waals surface area contributed by atoms with Crippen LogP contribution >= 0.6 is 0 Å². The molecule has 0 saturated carbocycles. The molecule has 0 spiro atoms. The average molecular weight is 128 g/mol. The minimum atomic E-state index is 0.668. The zero-order chi connectivity index (χ0) is 7.11. The van der Waals surface area contributed by atoms with Gasteiger partial charge in [0.2, 0.25) is 0 Å². The molecule has 0 fully saturated rings. The highest BCUT2D eigenvalue weighted by Crippen LogP contribution is 1.89. The lowest BCUT2D eigenvalue weighted by Crippen LogP contribution is -2.04. The maximum absolute atomic E-state index is 5.27. The summed E-state index contributed by atoms with van der Waals surface area (Å²) in [5.74, 6) is 0. The fraction of sp³-hybridized carbons (Fsp3) is 0.857. The molecule has 0 aliphatic heterocycles. The predicted molar refractivity (Wildman–Crippen MR) is 41.9 cm³/mol. The van der Waals surface area contributed by atoms with Crippen LogP contribution in [-0.4, -0.2) is 18.8 Å². The molecule has 0 aromatic carbocycles. The second-order valence-corrected chi connectivity index (χ2v) is 2.16. The first-order valence-corrected chi connectivity index (χ1v) is 3.51. The maximum Gasteiger partial charge on any atom is 0.0511 e. The van der Waals surface area contributed by atoms with E-state index in [0.29, 0.717) is 6.54 Å². The van der Waals surface area contributed by atoms with Gasteiger partial charge in [0.1, 0.15) is 0 Å². The predicted octanol–water partition coefficient (Wildman–Crippen LogP) is 1.21. The van der Waals surface area contributed by atoms with E-state index in [-0.39, 0.29) is 0 Å². The molecule has 2 N–H and O–H groups in total. The standard InChI is InChI=1S/C7H16N2/c1-3-4-7(2)9-6-5-8/h3-6,8H2,1-2H3. The van der Waals surface area contributed by atoms with Crippen molar-refractivity contribution in [2.75, 3.05) is 13.1 Å². The Bertz CT molecular complexity index is 86.9. The van der Waals surface area contributed by atoms with Gasteiger partial charge in [0.15, 0.2) is 0 Å². The molecule has 0 bridgehead atoms. The third-order valence-corrected chi connectivity index (χ3v) is 1.12. The zero-order valence-corrected chi connectivity index (χ0v) is 6.35. The monoisotopic (exact) mass is 128 g/mol. The summed E-state index contributed by atoms with van der Waals surface area (Å²) < 4.78 is 0. The van der Waals surface area contributed by atoms with Crippen molar-refractivity contribution < 1.29 is 0 Å². The number of hydrogen-bond acceptors (Lipinski definition) is 2. The molecule has 0 radical (unpaired) electrons. The molecule has 0 aliphatic rings. The van der Waals surface area contributed by atoms with Crippen molar-refractivity contribution in [2.45, 2.75) is 26.7 Å². The summed E-state index contributed by atoms with van der Waals surface area (Å²) in [6.45, 7) is 5.66. The van der Waals surface area contributed by atoms with Gasteiger partial charge in [-0.05, 0) is 13.3 Å². The van der Waals surface area contributed by atoms with Gasteiger partial charge in [-0.25, -0.2) is 0 Å². The lowest BCUT2D eigenvalue weighted by atomic mass is 10.2. The molecule has 0 unspecified atom stereocenters. The van der Waals surface area contributed by atoms with Crippen LogP contribution in [0.1, 0.15) is 26.7 Å². The molecular formula is C7H16N2. The second kappa shape index (κ2) is 5.76. The Kier molecular flexibility index (Phi) is 5.52. The van der Waals surface area contributed by atoms with Crippen molar-refractivity contribution in [3.8, 4) is 0 Å². The molecule has 2 heteroatoms. The quantitative estimate of drug-likeness (QED) is 0.568. The van der Waals surface area contributed by atoms with Crippen LogP contribution in [0.25, 0.3) is 0 Å². The van der Waals surface area contributed by atoms with Crippen molar-refractivity contribution in [1.29, 1.82) is 0 Å². The number of aliphatic imine (C=N–C) groups is 1. The molecule has 0 aromatic rings. The molecule has 0 amide bonds. The Morgan fingerprint density at radius 2 is 2.22 bits per heavy atom. The SMILES string of the molecule is CCCC(C)=NCCN. The van der Waals surface area contributed by atoms with Gasteiger partial charge in [0.25, 0.3) is 0 Å². The summed E-state index contributed by atoms with van der Waals surface area (Å²) in [7, 11) is 0. The van der Waals surface area contributed by atoms with E-state index in [1.165, 1.54) is 12.1 Å². The van der Waals surface area contributed by atoms with Gasteiger partial charge in [0, 0.05) is 12.3 Å². The molecular weight excluding hydrogens is 112 g/mol. The first-order valence-electron chi connectivity index (χ1n) is 3.51. The Morgan fingerprint density at radius 3 is 2.67 bits per heavy atom. The van der Waals surface area contributed by atoms with E-state index in [1.54, 1.807) is 0 Å². The topological polar surface area (TPSA) is 38.4 Å². The number of hydrogen-bond donors (Lipinski definition) is 1. The molecule has 2 nitrogen and oxygen atoms in total. The van der Waals surface area contributed by atoms with Crippen molar-refractivity contribution >= 4 is 5.71 Å². The number of rotatable bonds is 4. The highest BCUT2D eigenvalue weighted by Gasteiger charge is 1.85. The fourth-order valence-electron chi connectivity index (χ4n) is 0.696. The van der Waals surface area contributed by atoms with E-state index in [4.69, 9.17) is 5.73 Å². The van der Waals surface area contributed by atoms with E-state index >= 15 is 0 Å². The van der Waals surface area contributed by atoms with Gasteiger partial charge < -0.3 is 5.73 Å². The van der Waals surface area contributed by atoms with Gasteiger partial charge in [-0.2, -0.15) is 0 Å². The van der Waals surface area contributed by atoms with Crippen LogP contribution in [0, 0.1) is 0 Å². The van der Waals surface area contributed by atoms with Crippen LogP contribution in [0.5, 0.6) is 0 Å². The highest BCUT2D eigenvalue weighted by atomic mass is 14.8. The molecule has 0 rings (SSSR count). The van der Waals surface area contributed by atoms with Crippen LogP contribution < -0.4 is 5.73 Å². The van der Waals surface area contributed by atoms with Crippen LogP contribution in [-0.2, 0) is 0 Å². The van der Waals surface area contributed by atoms with Crippen molar-refractivity contribution in [2.24, 2.45) is 10.7 Å². The first kappa shape index (κ1) is 8.63. The van der Waals surface area contributed by atoms with Crippen LogP contribution in [0.2, 0.25) is 0 Å². The van der Waals surface area contributed by atoms with E-state index in [2.05, 4.69) is 18.8 Å². The Hall–Kier alpha value is -0.370. The summed E-state index contributed by atoms with van der Waals surface area (Å²) in [6.07, 6.45) is 2.29. The number of nitrogens with zero attached hydrogens (tertiary/aromatic N) is 1. The van der Waals surface area contributed by atoms with Crippen LogP contribution in [0.3, 0.4) is 0 Å². The summed E-state index contributed by atoms with van der Waals surface area (Å²) in [5, 5.41) is 0. The zero-order valence-electron chi connectivity index (χ0n) is 6.35. The summed E-state index contributed by atoms with van der Waals surface area (Å²) in [4.78, 5) is 4.22. The molecule has 54 valence electrons. The first-order chi connectivity index (χ1) is 4.31. The van der Waals surface area contributed by atoms with Crippen molar-refractivity contribution in [1.82, 2.24) is 0 Å². The Labute approximate surface area is 57.2 Å². The van der Waals surface area contributed by atoms with E-state index in [1.807, 2.05) is 0 Å². The average Bonchev–Trinajstić information content (AvgIpc) is 1.85. The fourth-order valence-corrected chi connectivity index (χ4v) is 0.696. The van der Waals surface area contributed by atoms with E-state index in [9.17, 15) is 0 Å². The van der Waals surface area contributed by atoms with Gasteiger partial charge in [0.05, 0.1) is 6.54 Å². The highest BCUT2D eigenvalue weighted by molar-refractivity contribution is 5.81. The minimum Gasteiger partial charge on any atom is -0.329 e. The van der Waals surface area contributed by atoms with Gasteiger partial charge in [-0.3, -0.25) is 4.99 Å². The molecule has 0 atom stereocenters. The third-order valence-electron chi connectivity index (χ3n) is 1.12. The molecule has 0 aromatic heterocycles. The van der Waals surface area contributed by atoms with Gasteiger partial charge >= 0.3 is 0 Å². The smallest absolute Gasteiger partial charge is 0.0511 e. The molecule has 0 aliphatic carbocycles. The third kappa shape index (κ3) is 5.50. The molecule has 0 saturated heterocycles. The van der Waals surface area contributed by atoms with Crippen molar-refractivity contribution in [3.05, 3.63) is 0 Å². The van der Waals surface area contributed by atoms with Gasteiger partial charge in [-0.1, -0.05) is 13.3 Å². The lowest BCUT2D eigenvalue weighted by molar-refractivity contribution is 0.936. The Balaban J connectivity index is 3.30. The van der Waals surface area contributed by atoms with Crippen LogP contribution in [0.15, 0.2) is 4.99 Å². The van der Waals surface area contributed by atoms with Crippen LogP contribution in [0.4, 0.5) is 0 Å². The Morgan fingerprint density at radius 1 is 1.56 bits per heavy atom. The molecule has 0 heterocycles. The van der Waals surface area contributed by atoms with E-state index < -0.39 is 0 Å². The lowest BCUT2D eigenvalue weighted by Gasteiger charge is -1.94. The maximum atomic E-state index is 5.27. The normalized spacial score (nSPS) is 12.1. The largest absolute Gasteiger partial charge is 0.329 e. The van der Waals surface area contributed by atoms with E-state index in [0.717, 1.165) is 13.0 Å².